The van der Waals surface area contributed by atoms with Crippen LogP contribution in [0.5, 0.6) is 0 Å². The van der Waals surface area contributed by atoms with Gasteiger partial charge in [-0.15, -0.1) is 11.3 Å². The summed E-state index contributed by atoms with van der Waals surface area (Å²) in [6.45, 7) is 18.0. The smallest absolute Gasteiger partial charge is 0.324 e. The molecule has 7 aliphatic rings. The molecule has 6 fully saturated rings. The number of anilines is 1. The molecule has 74 heavy (non-hydrogen) atoms. The predicted octanol–water partition coefficient (Wildman–Crippen LogP) is 7.16. The van der Waals surface area contributed by atoms with Gasteiger partial charge in [0.25, 0.3) is 11.8 Å². The number of rotatable bonds is 13. The van der Waals surface area contributed by atoms with Crippen molar-refractivity contribution in [1.82, 2.24) is 35.2 Å². The lowest BCUT2D eigenvalue weighted by Crippen LogP contribution is -2.62. The van der Waals surface area contributed by atoms with Crippen molar-refractivity contribution in [3.05, 3.63) is 52.1 Å². The minimum absolute atomic E-state index is 0.0860. The van der Waals surface area contributed by atoms with Crippen molar-refractivity contribution in [2.45, 2.75) is 147 Å². The lowest BCUT2D eigenvalue weighted by Gasteiger charge is -2.38. The molecule has 6 atom stereocenters. The molecule has 4 saturated heterocycles. The fraction of sp³-hybridized carbons (Fsp3) is 0.661. The number of amides is 2. The molecule has 400 valence electrons. The Morgan fingerprint density at radius 1 is 1.00 bits per heavy atom. The summed E-state index contributed by atoms with van der Waals surface area (Å²) in [5.41, 5.74) is 9.29. The van der Waals surface area contributed by atoms with Gasteiger partial charge < -0.3 is 43.2 Å². The summed E-state index contributed by atoms with van der Waals surface area (Å²) >= 11 is 1.40. The van der Waals surface area contributed by atoms with Gasteiger partial charge in [-0.3, -0.25) is 29.3 Å². The number of benzene rings is 1. The number of thiazole rings is 1. The molecular formula is C56H76N8O9S. The van der Waals surface area contributed by atoms with Gasteiger partial charge in [0.2, 0.25) is 0 Å². The Morgan fingerprint density at radius 3 is 2.53 bits per heavy atom. The van der Waals surface area contributed by atoms with Crippen LogP contribution in [-0.2, 0) is 55.8 Å². The topological polar surface area (TPSA) is 171 Å². The highest BCUT2D eigenvalue weighted by molar-refractivity contribution is 7.10. The first-order valence-corrected chi connectivity index (χ1v) is 28.3. The van der Waals surface area contributed by atoms with E-state index in [1.54, 1.807) is 7.11 Å². The average molecular weight is 1040 g/mol. The van der Waals surface area contributed by atoms with Crippen molar-refractivity contribution in [3.8, 4) is 22.5 Å². The maximum absolute atomic E-state index is 15.0. The fourth-order valence-electron chi connectivity index (χ4n) is 12.5. The molecule has 3 aromatic heterocycles. The van der Waals surface area contributed by atoms with Crippen LogP contribution in [0, 0.1) is 10.8 Å². The molecule has 5 aliphatic heterocycles. The fourth-order valence-corrected chi connectivity index (χ4v) is 13.4. The summed E-state index contributed by atoms with van der Waals surface area (Å²) in [5.74, 6) is -1.17. The summed E-state index contributed by atoms with van der Waals surface area (Å²) in [6.07, 6.45) is 8.83. The number of nitrogens with one attached hydrogen (secondary N) is 2. The summed E-state index contributed by atoms with van der Waals surface area (Å²) in [6, 6.07) is 7.64. The summed E-state index contributed by atoms with van der Waals surface area (Å²) in [7, 11) is 1.74. The van der Waals surface area contributed by atoms with Gasteiger partial charge in [-0.25, -0.2) is 10.4 Å². The first-order valence-electron chi connectivity index (χ1n) is 27.4. The Bertz CT molecular complexity index is 2700. The Labute approximate surface area is 439 Å². The third-order valence-electron chi connectivity index (χ3n) is 16.9. The minimum atomic E-state index is -1.17. The molecule has 8 bridgehead atoms. The molecule has 11 rings (SSSR count). The van der Waals surface area contributed by atoms with Crippen molar-refractivity contribution in [2.24, 2.45) is 10.8 Å². The van der Waals surface area contributed by atoms with E-state index < -0.39 is 41.1 Å². The third kappa shape index (κ3) is 10.4. The van der Waals surface area contributed by atoms with Crippen LogP contribution in [0.2, 0.25) is 0 Å². The molecule has 18 heteroatoms. The summed E-state index contributed by atoms with van der Waals surface area (Å²) in [4.78, 5) is 59.4. The molecule has 2 saturated carbocycles. The molecule has 17 nitrogen and oxygen atoms in total. The number of hydrazine groups is 1. The number of carbonyl (C=O) groups is 3. The summed E-state index contributed by atoms with van der Waals surface area (Å²) in [5, 5.41) is 8.23. The van der Waals surface area contributed by atoms with E-state index in [4.69, 9.17) is 38.4 Å². The van der Waals surface area contributed by atoms with Gasteiger partial charge in [0.1, 0.15) is 28.8 Å². The van der Waals surface area contributed by atoms with Crippen LogP contribution < -0.4 is 15.6 Å². The number of cyclic esters (lactones) is 1. The van der Waals surface area contributed by atoms with Crippen LogP contribution in [0.1, 0.15) is 121 Å². The summed E-state index contributed by atoms with van der Waals surface area (Å²) < 4.78 is 39.9. The van der Waals surface area contributed by atoms with Gasteiger partial charge in [-0.1, -0.05) is 26.8 Å². The largest absolute Gasteiger partial charge is 0.464 e. The standard InChI is InChI=1S/C56H76N8O9S/c1-7-70-49-47(59-53(67)56-17-16-55(5,32-56)34-73-56)51(65)64-18-8-9-43(60-64)52(66)72-33-54(3,4)29-42-40-27-36(44-31-74-50(49)58-44)10-13-45(40)63(23-26-71-39-14-24-69-25-15-39)48(42)41-28-38(30-57-46(41)35(2)68-6)62-21-19-61(20-22-62)37-11-12-37/h10,13,27-28,30-31,35,37,39,43,47,49,60H,7-9,11-12,14-26,29,32-34H2,1-6H3,(H,59,67)/t35-,43-,47-,49-,55?,56?/m0/s1. The first-order chi connectivity index (χ1) is 35.7. The zero-order valence-corrected chi connectivity index (χ0v) is 45.1. The normalized spacial score (nSPS) is 28.4. The van der Waals surface area contributed by atoms with Crippen molar-refractivity contribution in [1.29, 1.82) is 0 Å². The molecule has 1 aromatic carbocycles. The van der Waals surface area contributed by atoms with Crippen LogP contribution in [0.25, 0.3) is 33.4 Å². The number of methoxy groups -OCH3 is 1. The molecule has 4 aromatic rings. The number of esters is 1. The van der Waals surface area contributed by atoms with E-state index in [1.807, 2.05) is 18.5 Å². The van der Waals surface area contributed by atoms with E-state index in [0.717, 1.165) is 102 Å². The van der Waals surface area contributed by atoms with Crippen LogP contribution >= 0.6 is 11.3 Å². The Kier molecular flexibility index (Phi) is 14.7. The van der Waals surface area contributed by atoms with Crippen LogP contribution in [0.15, 0.2) is 35.8 Å². The van der Waals surface area contributed by atoms with Crippen LogP contribution in [0.4, 0.5) is 5.69 Å². The van der Waals surface area contributed by atoms with E-state index in [1.165, 1.54) is 29.2 Å². The first kappa shape index (κ1) is 51.6. The van der Waals surface area contributed by atoms with Gasteiger partial charge in [-0.2, -0.15) is 0 Å². The molecule has 0 spiro atoms. The zero-order chi connectivity index (χ0) is 51.4. The molecule has 2 aliphatic carbocycles. The number of carbonyl (C=O) groups excluding carboxylic acids is 3. The van der Waals surface area contributed by atoms with Crippen LogP contribution in [0.3, 0.4) is 0 Å². The lowest BCUT2D eigenvalue weighted by molar-refractivity contribution is -0.158. The molecular weight excluding hydrogens is 961 g/mol. The lowest BCUT2D eigenvalue weighted by atomic mass is 9.84. The SMILES string of the molecule is CCO[C@@H]1c2nc(cs2)-c2ccc3c(c2)c(c(-c2cc(N4CCN(C5CC5)CC4)cnc2[C@H](C)OC)n3CCOC2CCOCC2)CC(C)(C)COC(=O)[C@@H]2CCCN(N2)C(=O)[C@H]1NC(=O)C12CCC(C)(CO1)C2. The highest BCUT2D eigenvalue weighted by Crippen LogP contribution is 2.53. The van der Waals surface area contributed by atoms with Gasteiger partial charge in [0.05, 0.1) is 61.0 Å². The third-order valence-corrected chi connectivity index (χ3v) is 17.8. The van der Waals surface area contributed by atoms with E-state index >= 15 is 0 Å². The van der Waals surface area contributed by atoms with E-state index in [2.05, 4.69) is 77.1 Å². The van der Waals surface area contributed by atoms with Gasteiger partial charge in [0, 0.05) is 105 Å². The van der Waals surface area contributed by atoms with Gasteiger partial charge >= 0.3 is 5.97 Å². The van der Waals surface area contributed by atoms with Crippen molar-refractivity contribution >= 4 is 45.7 Å². The molecule has 8 heterocycles. The Morgan fingerprint density at radius 2 is 1.81 bits per heavy atom. The predicted molar refractivity (Wildman–Crippen MR) is 282 cm³/mol. The Hall–Kier alpha value is -4.53. The van der Waals surface area contributed by atoms with Gasteiger partial charge in [-0.05, 0) is 107 Å². The van der Waals surface area contributed by atoms with E-state index in [0.29, 0.717) is 76.6 Å². The van der Waals surface area contributed by atoms with Gasteiger partial charge in [0.15, 0.2) is 0 Å². The number of aromatic nitrogens is 3. The van der Waals surface area contributed by atoms with Crippen LogP contribution in [-0.4, -0.2) is 152 Å². The van der Waals surface area contributed by atoms with Crippen molar-refractivity contribution in [3.63, 3.8) is 0 Å². The molecule has 0 radical (unpaired) electrons. The number of nitrogens with zero attached hydrogens (tertiary/aromatic N) is 6. The molecule has 2 N–H and O–H groups in total. The number of piperazine rings is 1. The van der Waals surface area contributed by atoms with E-state index in [9.17, 15) is 14.4 Å². The second-order valence-electron chi connectivity index (χ2n) is 23.1. The number of hydrogen-bond donors (Lipinski definition) is 2. The van der Waals surface area contributed by atoms with Crippen molar-refractivity contribution < 1.29 is 42.8 Å². The van der Waals surface area contributed by atoms with E-state index in [-0.39, 0.29) is 36.7 Å². The highest BCUT2D eigenvalue weighted by atomic mass is 32.1. The molecule has 2 amide bonds. The maximum atomic E-state index is 15.0. The number of ether oxygens (including phenoxy) is 6. The molecule has 2 unspecified atom stereocenters. The second-order valence-corrected chi connectivity index (χ2v) is 24.0. The maximum Gasteiger partial charge on any atom is 0.324 e. The number of hydrogen-bond acceptors (Lipinski definition) is 15. The zero-order valence-electron chi connectivity index (χ0n) is 44.3. The monoisotopic (exact) mass is 1040 g/mol. The average Bonchev–Trinajstić information content (AvgIpc) is 3.75. The Balaban J connectivity index is 1.04. The second kappa shape index (κ2) is 21.1. The van der Waals surface area contributed by atoms with Crippen molar-refractivity contribution in [2.75, 3.05) is 84.4 Å². The highest BCUT2D eigenvalue weighted by Gasteiger charge is 2.58. The minimum Gasteiger partial charge on any atom is -0.464 e. The number of fused-ring (bicyclic) bond motifs is 8. The number of pyridine rings is 1. The quantitative estimate of drug-likeness (QED) is 0.129.